The van der Waals surface area contributed by atoms with Gasteiger partial charge in [-0.3, -0.25) is 0 Å². The summed E-state index contributed by atoms with van der Waals surface area (Å²) in [6.45, 7) is 0. The zero-order valence-corrected chi connectivity index (χ0v) is 27.6. The van der Waals surface area contributed by atoms with Crippen molar-refractivity contribution in [1.82, 2.24) is 0 Å². The van der Waals surface area contributed by atoms with E-state index >= 15 is 0 Å². The molecule has 0 fully saturated rings. The summed E-state index contributed by atoms with van der Waals surface area (Å²) < 4.78 is 5.49. The SMILES string of the molecule is c1ccc2c(-c3ccc(-c4ccc5c(c4)sc4c6ccc(-c7ccc(-c8cccc9ccccc89)cc7)cc6sc54)cc3)cccc2c1. The van der Waals surface area contributed by atoms with Crippen LogP contribution in [-0.4, -0.2) is 0 Å². The number of thiophene rings is 2. The summed E-state index contributed by atoms with van der Waals surface area (Å²) in [5, 5.41) is 7.85. The van der Waals surface area contributed by atoms with Crippen LogP contribution in [0.4, 0.5) is 0 Å². The van der Waals surface area contributed by atoms with E-state index in [-0.39, 0.29) is 0 Å². The predicted octanol–water partition coefficient (Wildman–Crippen LogP) is 14.2. The first-order chi connectivity index (χ1) is 23.8. The third kappa shape index (κ3) is 4.49. The van der Waals surface area contributed by atoms with Crippen LogP contribution in [0.5, 0.6) is 0 Å². The number of hydrogen-bond acceptors (Lipinski definition) is 2. The van der Waals surface area contributed by atoms with Crippen molar-refractivity contribution in [2.75, 3.05) is 0 Å². The summed E-state index contributed by atoms with van der Waals surface area (Å²) >= 11 is 3.84. The number of hydrogen-bond donors (Lipinski definition) is 0. The van der Waals surface area contributed by atoms with Gasteiger partial charge in [0.25, 0.3) is 0 Å². The topological polar surface area (TPSA) is 0 Å². The second-order valence-electron chi connectivity index (χ2n) is 12.5. The maximum Gasteiger partial charge on any atom is 0.0542 e. The van der Waals surface area contributed by atoms with Gasteiger partial charge >= 0.3 is 0 Å². The molecular formula is C46H28S2. The van der Waals surface area contributed by atoms with Crippen molar-refractivity contribution in [1.29, 1.82) is 0 Å². The Bertz CT molecular complexity index is 2610. The van der Waals surface area contributed by atoms with Gasteiger partial charge in [0.1, 0.15) is 0 Å². The summed E-state index contributed by atoms with van der Waals surface area (Å²) in [6.07, 6.45) is 0. The first-order valence-corrected chi connectivity index (χ1v) is 18.0. The molecule has 0 nitrogen and oxygen atoms in total. The van der Waals surface area contributed by atoms with Crippen molar-refractivity contribution in [3.05, 3.63) is 170 Å². The Morgan fingerprint density at radius 2 is 0.646 bits per heavy atom. The molecule has 0 amide bonds. The van der Waals surface area contributed by atoms with E-state index in [9.17, 15) is 0 Å². The molecule has 0 radical (unpaired) electrons. The lowest BCUT2D eigenvalue weighted by atomic mass is 9.96. The lowest BCUT2D eigenvalue weighted by Crippen LogP contribution is -1.83. The van der Waals surface area contributed by atoms with Gasteiger partial charge in [-0.05, 0) is 78.2 Å². The molecule has 0 N–H and O–H groups in total. The zero-order valence-electron chi connectivity index (χ0n) is 26.0. The molecule has 224 valence electrons. The van der Waals surface area contributed by atoms with Gasteiger partial charge in [0, 0.05) is 20.2 Å². The second kappa shape index (κ2) is 11.0. The van der Waals surface area contributed by atoms with Crippen molar-refractivity contribution >= 4 is 73.8 Å². The highest BCUT2D eigenvalue weighted by atomic mass is 32.1. The van der Waals surface area contributed by atoms with Crippen molar-refractivity contribution in [3.63, 3.8) is 0 Å². The molecule has 0 aliphatic heterocycles. The standard InChI is InChI=1S/C46H28S2/c1-3-11-37-31(7-1)9-5-13-39(37)33-19-15-29(16-20-33)35-23-25-41-43(27-35)47-46-42-26-24-36(28-44(42)48-45(41)46)30-17-21-34(22-18-30)40-14-6-10-32-8-2-4-12-38(32)40/h1-28H. The van der Waals surface area contributed by atoms with Crippen LogP contribution in [0.3, 0.4) is 0 Å². The van der Waals surface area contributed by atoms with Gasteiger partial charge in [0.2, 0.25) is 0 Å². The minimum Gasteiger partial charge on any atom is -0.134 e. The molecule has 0 saturated heterocycles. The molecule has 0 aliphatic rings. The fraction of sp³-hybridized carbons (Fsp3) is 0. The molecule has 0 unspecified atom stereocenters. The van der Waals surface area contributed by atoms with E-state index in [1.165, 1.54) is 95.6 Å². The minimum absolute atomic E-state index is 1.25. The van der Waals surface area contributed by atoms with Crippen LogP contribution >= 0.6 is 22.7 Å². The van der Waals surface area contributed by atoms with Crippen molar-refractivity contribution in [3.8, 4) is 44.5 Å². The van der Waals surface area contributed by atoms with Crippen LogP contribution in [0.15, 0.2) is 170 Å². The zero-order chi connectivity index (χ0) is 31.6. The van der Waals surface area contributed by atoms with Crippen molar-refractivity contribution in [2.45, 2.75) is 0 Å². The highest BCUT2D eigenvalue weighted by Crippen LogP contribution is 2.46. The monoisotopic (exact) mass is 644 g/mol. The molecule has 10 aromatic rings. The minimum atomic E-state index is 1.25. The highest BCUT2D eigenvalue weighted by Gasteiger charge is 2.14. The second-order valence-corrected chi connectivity index (χ2v) is 14.6. The van der Waals surface area contributed by atoms with Gasteiger partial charge in [-0.15, -0.1) is 22.7 Å². The van der Waals surface area contributed by atoms with Gasteiger partial charge in [-0.1, -0.05) is 158 Å². The average molecular weight is 645 g/mol. The fourth-order valence-electron chi connectivity index (χ4n) is 7.25. The fourth-order valence-corrected chi connectivity index (χ4v) is 9.99. The first kappa shape index (κ1) is 27.6. The Balaban J connectivity index is 0.961. The first-order valence-electron chi connectivity index (χ1n) is 16.3. The lowest BCUT2D eigenvalue weighted by Gasteiger charge is -2.09. The molecule has 0 atom stereocenters. The van der Waals surface area contributed by atoms with E-state index in [2.05, 4.69) is 170 Å². The highest BCUT2D eigenvalue weighted by molar-refractivity contribution is 7.36. The molecule has 8 aromatic carbocycles. The van der Waals surface area contributed by atoms with E-state index in [0.29, 0.717) is 0 Å². The quantitative estimate of drug-likeness (QED) is 0.179. The molecule has 2 aromatic heterocycles. The summed E-state index contributed by atoms with van der Waals surface area (Å²) in [5.74, 6) is 0. The van der Waals surface area contributed by atoms with Crippen LogP contribution in [0.1, 0.15) is 0 Å². The largest absolute Gasteiger partial charge is 0.134 e. The van der Waals surface area contributed by atoms with Crippen molar-refractivity contribution < 1.29 is 0 Å². The van der Waals surface area contributed by atoms with E-state index < -0.39 is 0 Å². The summed E-state index contributed by atoms with van der Waals surface area (Å²) in [5.41, 5.74) is 10.1. The van der Waals surface area contributed by atoms with E-state index in [1.807, 2.05) is 22.7 Å². The molecule has 0 aliphatic carbocycles. The third-order valence-electron chi connectivity index (χ3n) is 9.72. The molecule has 0 bridgehead atoms. The molecule has 2 heteroatoms. The summed E-state index contributed by atoms with van der Waals surface area (Å²) in [7, 11) is 0. The Morgan fingerprint density at radius 1 is 0.271 bits per heavy atom. The van der Waals surface area contributed by atoms with Crippen LogP contribution in [0, 0.1) is 0 Å². The molecule has 2 heterocycles. The summed E-state index contributed by atoms with van der Waals surface area (Å²) in [6, 6.07) is 62.4. The molecule has 0 saturated carbocycles. The van der Waals surface area contributed by atoms with E-state index in [0.717, 1.165) is 0 Å². The Kier molecular flexibility index (Phi) is 6.33. The van der Waals surface area contributed by atoms with Crippen LogP contribution < -0.4 is 0 Å². The van der Waals surface area contributed by atoms with Crippen LogP contribution in [0.25, 0.3) is 95.6 Å². The van der Waals surface area contributed by atoms with Gasteiger partial charge in [0.05, 0.1) is 9.40 Å². The normalized spacial score (nSPS) is 11.8. The lowest BCUT2D eigenvalue weighted by molar-refractivity contribution is 1.63. The van der Waals surface area contributed by atoms with Gasteiger partial charge in [-0.2, -0.15) is 0 Å². The van der Waals surface area contributed by atoms with E-state index in [4.69, 9.17) is 0 Å². The number of rotatable bonds is 4. The Morgan fingerprint density at radius 3 is 1.10 bits per heavy atom. The van der Waals surface area contributed by atoms with Gasteiger partial charge < -0.3 is 0 Å². The predicted molar refractivity (Wildman–Crippen MR) is 211 cm³/mol. The van der Waals surface area contributed by atoms with E-state index in [1.54, 1.807) is 0 Å². The molecule has 10 rings (SSSR count). The van der Waals surface area contributed by atoms with Gasteiger partial charge in [0.15, 0.2) is 0 Å². The van der Waals surface area contributed by atoms with Gasteiger partial charge in [-0.25, -0.2) is 0 Å². The molecular weight excluding hydrogens is 617 g/mol. The summed E-state index contributed by atoms with van der Waals surface area (Å²) in [4.78, 5) is 0. The maximum absolute atomic E-state index is 2.37. The maximum atomic E-state index is 2.37. The number of fused-ring (bicyclic) bond motifs is 7. The Hall–Kier alpha value is -5.54. The molecule has 48 heavy (non-hydrogen) atoms. The smallest absolute Gasteiger partial charge is 0.0542 e. The third-order valence-corrected chi connectivity index (χ3v) is 12.2. The average Bonchev–Trinajstić information content (AvgIpc) is 3.70. The van der Waals surface area contributed by atoms with Crippen LogP contribution in [0.2, 0.25) is 0 Å². The Labute approximate surface area is 286 Å². The van der Waals surface area contributed by atoms with Crippen molar-refractivity contribution in [2.24, 2.45) is 0 Å². The molecule has 0 spiro atoms. The van der Waals surface area contributed by atoms with Crippen LogP contribution in [-0.2, 0) is 0 Å². The number of benzene rings is 8.